The Morgan fingerprint density at radius 2 is 1.95 bits per heavy atom. The van der Waals surface area contributed by atoms with Crippen molar-refractivity contribution in [1.82, 2.24) is 14.9 Å². The fourth-order valence-corrected chi connectivity index (χ4v) is 2.65. The fraction of sp³-hybridized carbons (Fsp3) is 0.688. The third-order valence-corrected chi connectivity index (χ3v) is 3.96. The number of nitrogens with zero attached hydrogens (tertiary/aromatic N) is 4. The molecule has 1 aliphatic heterocycles. The minimum atomic E-state index is 0.150. The maximum Gasteiger partial charge on any atom is 0.219 e. The second-order valence-corrected chi connectivity index (χ2v) is 5.79. The zero-order valence-corrected chi connectivity index (χ0v) is 13.9. The van der Waals surface area contributed by atoms with Crippen molar-refractivity contribution in [2.24, 2.45) is 0 Å². The van der Waals surface area contributed by atoms with Gasteiger partial charge in [-0.3, -0.25) is 4.79 Å². The number of unbranched alkanes of at least 4 members (excludes halogenated alkanes) is 2. The molecule has 0 aliphatic carbocycles. The van der Waals surface area contributed by atoms with Crippen LogP contribution in [0.4, 0.5) is 11.6 Å². The second-order valence-electron chi connectivity index (χ2n) is 5.79. The van der Waals surface area contributed by atoms with Gasteiger partial charge in [-0.25, -0.2) is 9.97 Å². The Kier molecular flexibility index (Phi) is 5.98. The van der Waals surface area contributed by atoms with Gasteiger partial charge in [-0.15, -0.1) is 0 Å². The van der Waals surface area contributed by atoms with Crippen LogP contribution in [0.1, 0.15) is 38.9 Å². The Balaban J connectivity index is 1.96. The normalized spacial score (nSPS) is 15.0. The predicted molar refractivity (Wildman–Crippen MR) is 89.3 cm³/mol. The summed E-state index contributed by atoms with van der Waals surface area (Å²) in [6, 6.07) is 2.02. The molecular weight excluding hydrogens is 278 g/mol. The molecule has 2 heterocycles. The van der Waals surface area contributed by atoms with Gasteiger partial charge in [0.15, 0.2) is 0 Å². The van der Waals surface area contributed by atoms with Crippen LogP contribution in [0.15, 0.2) is 6.07 Å². The Morgan fingerprint density at radius 3 is 2.59 bits per heavy atom. The van der Waals surface area contributed by atoms with Crippen LogP contribution in [-0.2, 0) is 4.79 Å². The van der Waals surface area contributed by atoms with Crippen LogP contribution < -0.4 is 10.2 Å². The quantitative estimate of drug-likeness (QED) is 0.815. The number of nitrogens with one attached hydrogen (secondary N) is 1. The standard InChI is InChI=1S/C16H27N5O/c1-4-5-6-7-17-15-12-16(19-13(2)18-15)21-10-8-20(9-11-21)14(3)22/h12H,4-11H2,1-3H3,(H,17,18,19). The van der Waals surface area contributed by atoms with E-state index in [1.165, 1.54) is 12.8 Å². The molecule has 0 saturated carbocycles. The van der Waals surface area contributed by atoms with Crippen LogP contribution in [0.5, 0.6) is 0 Å². The van der Waals surface area contributed by atoms with E-state index in [0.29, 0.717) is 0 Å². The van der Waals surface area contributed by atoms with Crippen LogP contribution in [0.2, 0.25) is 0 Å². The van der Waals surface area contributed by atoms with Crippen molar-refractivity contribution in [2.45, 2.75) is 40.0 Å². The molecule has 1 aromatic rings. The summed E-state index contributed by atoms with van der Waals surface area (Å²) in [7, 11) is 0. The molecule has 1 aromatic heterocycles. The molecule has 1 saturated heterocycles. The van der Waals surface area contributed by atoms with Crippen molar-refractivity contribution in [1.29, 1.82) is 0 Å². The molecule has 0 aromatic carbocycles. The van der Waals surface area contributed by atoms with Gasteiger partial charge in [0, 0.05) is 45.7 Å². The highest BCUT2D eigenvalue weighted by Crippen LogP contribution is 2.18. The number of amides is 1. The maximum atomic E-state index is 11.4. The summed E-state index contributed by atoms with van der Waals surface area (Å²) in [5.74, 6) is 2.78. The lowest BCUT2D eigenvalue weighted by atomic mass is 10.2. The average molecular weight is 305 g/mol. The molecule has 0 unspecified atom stereocenters. The Bertz CT molecular complexity index is 497. The lowest BCUT2D eigenvalue weighted by Gasteiger charge is -2.35. The lowest BCUT2D eigenvalue weighted by molar-refractivity contribution is -0.129. The highest BCUT2D eigenvalue weighted by molar-refractivity contribution is 5.73. The van der Waals surface area contributed by atoms with E-state index < -0.39 is 0 Å². The summed E-state index contributed by atoms with van der Waals surface area (Å²) in [6.45, 7) is 9.87. The summed E-state index contributed by atoms with van der Waals surface area (Å²) < 4.78 is 0. The number of rotatable bonds is 6. The molecule has 1 N–H and O–H groups in total. The topological polar surface area (TPSA) is 61.4 Å². The molecule has 0 radical (unpaired) electrons. The third kappa shape index (κ3) is 4.58. The van der Waals surface area contributed by atoms with Gasteiger partial charge in [0.1, 0.15) is 17.5 Å². The van der Waals surface area contributed by atoms with Gasteiger partial charge >= 0.3 is 0 Å². The Morgan fingerprint density at radius 1 is 1.23 bits per heavy atom. The van der Waals surface area contributed by atoms with Crippen molar-refractivity contribution < 1.29 is 4.79 Å². The number of aryl methyl sites for hydroxylation is 1. The number of piperazine rings is 1. The maximum absolute atomic E-state index is 11.4. The molecule has 6 nitrogen and oxygen atoms in total. The first-order chi connectivity index (χ1) is 10.6. The number of carbonyl (C=O) groups excluding carboxylic acids is 1. The minimum absolute atomic E-state index is 0.150. The Hall–Kier alpha value is -1.85. The number of aromatic nitrogens is 2. The zero-order chi connectivity index (χ0) is 15.9. The van der Waals surface area contributed by atoms with Gasteiger partial charge in [0.25, 0.3) is 0 Å². The van der Waals surface area contributed by atoms with Crippen LogP contribution >= 0.6 is 0 Å². The van der Waals surface area contributed by atoms with E-state index in [0.717, 1.165) is 56.6 Å². The molecule has 2 rings (SSSR count). The monoisotopic (exact) mass is 305 g/mol. The molecule has 0 bridgehead atoms. The smallest absolute Gasteiger partial charge is 0.219 e. The van der Waals surface area contributed by atoms with Gasteiger partial charge in [-0.05, 0) is 13.3 Å². The molecule has 1 aliphatic rings. The number of anilines is 2. The highest BCUT2D eigenvalue weighted by Gasteiger charge is 2.20. The van der Waals surface area contributed by atoms with Crippen LogP contribution in [-0.4, -0.2) is 53.5 Å². The first kappa shape index (κ1) is 16.5. The van der Waals surface area contributed by atoms with Crippen molar-refractivity contribution in [2.75, 3.05) is 42.9 Å². The molecule has 1 fully saturated rings. The van der Waals surface area contributed by atoms with E-state index in [1.54, 1.807) is 6.92 Å². The third-order valence-electron chi connectivity index (χ3n) is 3.96. The van der Waals surface area contributed by atoms with Crippen molar-refractivity contribution >= 4 is 17.5 Å². The molecular formula is C16H27N5O. The van der Waals surface area contributed by atoms with Crippen molar-refractivity contribution in [3.05, 3.63) is 11.9 Å². The first-order valence-electron chi connectivity index (χ1n) is 8.20. The summed E-state index contributed by atoms with van der Waals surface area (Å²) >= 11 is 0. The van der Waals surface area contributed by atoms with E-state index >= 15 is 0 Å². The van der Waals surface area contributed by atoms with Crippen LogP contribution in [0.3, 0.4) is 0 Å². The summed E-state index contributed by atoms with van der Waals surface area (Å²) in [4.78, 5) is 24.5. The van der Waals surface area contributed by atoms with E-state index in [2.05, 4.69) is 27.1 Å². The summed E-state index contributed by atoms with van der Waals surface area (Å²) in [5.41, 5.74) is 0. The van der Waals surface area contributed by atoms with Gasteiger partial charge in [-0.2, -0.15) is 0 Å². The number of hydrogen-bond donors (Lipinski definition) is 1. The van der Waals surface area contributed by atoms with Crippen molar-refractivity contribution in [3.8, 4) is 0 Å². The zero-order valence-electron chi connectivity index (χ0n) is 13.9. The van der Waals surface area contributed by atoms with Gasteiger partial charge in [0.2, 0.25) is 5.91 Å². The lowest BCUT2D eigenvalue weighted by Crippen LogP contribution is -2.48. The molecule has 0 spiro atoms. The van der Waals surface area contributed by atoms with Gasteiger partial charge < -0.3 is 15.1 Å². The molecule has 22 heavy (non-hydrogen) atoms. The van der Waals surface area contributed by atoms with E-state index in [1.807, 2.05) is 17.9 Å². The van der Waals surface area contributed by atoms with Crippen LogP contribution in [0, 0.1) is 6.92 Å². The highest BCUT2D eigenvalue weighted by atomic mass is 16.2. The largest absolute Gasteiger partial charge is 0.370 e. The second kappa shape index (κ2) is 7.96. The van der Waals surface area contributed by atoms with E-state index in [9.17, 15) is 4.79 Å². The molecule has 6 heteroatoms. The minimum Gasteiger partial charge on any atom is -0.370 e. The molecule has 122 valence electrons. The Labute approximate surface area is 132 Å². The fourth-order valence-electron chi connectivity index (χ4n) is 2.65. The van der Waals surface area contributed by atoms with E-state index in [-0.39, 0.29) is 5.91 Å². The van der Waals surface area contributed by atoms with Gasteiger partial charge in [0.05, 0.1) is 0 Å². The number of carbonyl (C=O) groups is 1. The first-order valence-corrected chi connectivity index (χ1v) is 8.20. The SMILES string of the molecule is CCCCCNc1cc(N2CCN(C(C)=O)CC2)nc(C)n1. The van der Waals surface area contributed by atoms with Gasteiger partial charge in [-0.1, -0.05) is 19.8 Å². The number of hydrogen-bond acceptors (Lipinski definition) is 5. The van der Waals surface area contributed by atoms with E-state index in [4.69, 9.17) is 0 Å². The predicted octanol–water partition coefficient (Wildman–Crippen LogP) is 2.06. The summed E-state index contributed by atoms with van der Waals surface area (Å²) in [6.07, 6.45) is 3.61. The molecule has 1 amide bonds. The summed E-state index contributed by atoms with van der Waals surface area (Å²) in [5, 5.41) is 3.38. The van der Waals surface area contributed by atoms with Crippen molar-refractivity contribution in [3.63, 3.8) is 0 Å². The van der Waals surface area contributed by atoms with Crippen LogP contribution in [0.25, 0.3) is 0 Å². The molecule has 0 atom stereocenters. The average Bonchev–Trinajstić information content (AvgIpc) is 2.51.